The van der Waals surface area contributed by atoms with E-state index in [1.54, 1.807) is 16.4 Å². The summed E-state index contributed by atoms with van der Waals surface area (Å²) < 4.78 is 44.4. The van der Waals surface area contributed by atoms with Gasteiger partial charge >= 0.3 is 5.97 Å². The Hall–Kier alpha value is -2.91. The van der Waals surface area contributed by atoms with Crippen LogP contribution >= 0.6 is 0 Å². The third-order valence-electron chi connectivity index (χ3n) is 7.08. The maximum atomic E-state index is 13.6. The molecule has 2 aromatic rings. The zero-order chi connectivity index (χ0) is 26.3. The lowest BCUT2D eigenvalue weighted by atomic mass is 9.65. The van der Waals surface area contributed by atoms with Gasteiger partial charge in [-0.25, -0.2) is 13.2 Å². The van der Waals surface area contributed by atoms with Crippen molar-refractivity contribution in [2.75, 3.05) is 27.4 Å². The van der Waals surface area contributed by atoms with E-state index in [2.05, 4.69) is 20.8 Å². The second-order valence-corrected chi connectivity index (χ2v) is 12.7. The number of carbonyl (C=O) groups excluding carboxylic acids is 2. The van der Waals surface area contributed by atoms with Gasteiger partial charge in [0.1, 0.15) is 11.5 Å². The first kappa shape index (κ1) is 26.2. The Bertz CT molecular complexity index is 1290. The topological polar surface area (TPSA) is 99.2 Å². The van der Waals surface area contributed by atoms with E-state index < -0.39 is 28.4 Å². The fourth-order valence-corrected chi connectivity index (χ4v) is 7.75. The highest BCUT2D eigenvalue weighted by Gasteiger charge is 2.53. The summed E-state index contributed by atoms with van der Waals surface area (Å²) in [7, 11) is -0.884. The van der Waals surface area contributed by atoms with E-state index in [1.165, 1.54) is 44.6 Å². The van der Waals surface area contributed by atoms with Crippen molar-refractivity contribution in [1.29, 1.82) is 0 Å². The molecule has 0 amide bonds. The third kappa shape index (κ3) is 5.13. The number of fused-ring (bicyclic) bond motifs is 2. The van der Waals surface area contributed by atoms with Crippen LogP contribution in [0.3, 0.4) is 0 Å². The van der Waals surface area contributed by atoms with Crippen LogP contribution in [0.4, 0.5) is 0 Å². The molecule has 194 valence electrons. The minimum absolute atomic E-state index is 0.0479. The van der Waals surface area contributed by atoms with Crippen LogP contribution < -0.4 is 9.47 Å². The molecule has 2 atom stereocenters. The average Bonchev–Trinajstić information content (AvgIpc) is 3.10. The van der Waals surface area contributed by atoms with Crippen LogP contribution in [0.25, 0.3) is 0 Å². The molecule has 0 aromatic heterocycles. The molecule has 0 N–H and O–H groups in total. The number of ether oxygens (including phenoxy) is 3. The van der Waals surface area contributed by atoms with Crippen LogP contribution in [0.5, 0.6) is 11.5 Å². The molecule has 0 radical (unpaired) electrons. The number of ketones is 1. The molecule has 2 unspecified atom stereocenters. The third-order valence-corrected chi connectivity index (χ3v) is 8.98. The lowest BCUT2D eigenvalue weighted by Crippen LogP contribution is -2.37. The molecule has 1 saturated carbocycles. The highest BCUT2D eigenvalue weighted by molar-refractivity contribution is 7.89. The summed E-state index contributed by atoms with van der Waals surface area (Å²) in [4.78, 5) is 25.5. The summed E-state index contributed by atoms with van der Waals surface area (Å²) in [5.74, 6) is -0.455. The Morgan fingerprint density at radius 1 is 1.03 bits per heavy atom. The first-order valence-electron chi connectivity index (χ1n) is 11.9. The fourth-order valence-electron chi connectivity index (χ4n) is 5.93. The molecule has 1 aliphatic carbocycles. The standard InChI is InChI=1S/C27H33NO7S/c1-26(2)13-19-14-27(3,16-26)17-28(19)36(31,32)21-8-6-7-18(11-21)25(30)35-15-23(29)22-12-20(33-4)9-10-24(22)34-5/h6-12,19H,13-17H2,1-5H3. The van der Waals surface area contributed by atoms with E-state index in [4.69, 9.17) is 14.2 Å². The summed E-state index contributed by atoms with van der Waals surface area (Å²) in [6.07, 6.45) is 2.62. The van der Waals surface area contributed by atoms with Crippen LogP contribution in [0.15, 0.2) is 47.4 Å². The molecule has 2 aromatic carbocycles. The highest BCUT2D eigenvalue weighted by Crippen LogP contribution is 2.53. The molecule has 36 heavy (non-hydrogen) atoms. The Labute approximate surface area is 212 Å². The molecular weight excluding hydrogens is 482 g/mol. The molecule has 2 fully saturated rings. The summed E-state index contributed by atoms with van der Waals surface area (Å²) in [6, 6.07) is 10.5. The van der Waals surface area contributed by atoms with E-state index in [1.807, 2.05) is 0 Å². The molecular formula is C27H33NO7S. The maximum absolute atomic E-state index is 13.6. The van der Waals surface area contributed by atoms with Gasteiger partial charge in [-0.05, 0) is 66.5 Å². The number of esters is 1. The fraction of sp³-hybridized carbons (Fsp3) is 0.481. The molecule has 4 rings (SSSR count). The van der Waals surface area contributed by atoms with E-state index in [0.717, 1.165) is 19.3 Å². The van der Waals surface area contributed by atoms with Gasteiger partial charge in [-0.15, -0.1) is 0 Å². The van der Waals surface area contributed by atoms with Gasteiger partial charge < -0.3 is 14.2 Å². The number of Topliss-reactive ketones (excluding diaryl/α,β-unsaturated/α-hetero) is 1. The van der Waals surface area contributed by atoms with E-state index in [0.29, 0.717) is 18.0 Å². The Morgan fingerprint density at radius 3 is 2.47 bits per heavy atom. The monoisotopic (exact) mass is 515 g/mol. The normalized spacial score (nSPS) is 23.2. The number of benzene rings is 2. The Morgan fingerprint density at radius 2 is 1.78 bits per heavy atom. The summed E-state index contributed by atoms with van der Waals surface area (Å²) in [5.41, 5.74) is 0.302. The van der Waals surface area contributed by atoms with E-state index >= 15 is 0 Å². The highest BCUT2D eigenvalue weighted by atomic mass is 32.2. The van der Waals surface area contributed by atoms with Gasteiger partial charge in [-0.1, -0.05) is 26.8 Å². The number of carbonyl (C=O) groups is 2. The van der Waals surface area contributed by atoms with Crippen LogP contribution in [0.2, 0.25) is 0 Å². The minimum atomic E-state index is -3.80. The summed E-state index contributed by atoms with van der Waals surface area (Å²) >= 11 is 0. The van der Waals surface area contributed by atoms with Gasteiger partial charge in [0, 0.05) is 12.6 Å². The first-order valence-corrected chi connectivity index (χ1v) is 13.4. The lowest BCUT2D eigenvalue weighted by Gasteiger charge is -2.39. The van der Waals surface area contributed by atoms with Gasteiger partial charge in [0.15, 0.2) is 6.61 Å². The van der Waals surface area contributed by atoms with Crippen molar-refractivity contribution < 1.29 is 32.2 Å². The molecule has 1 saturated heterocycles. The zero-order valence-electron chi connectivity index (χ0n) is 21.4. The van der Waals surface area contributed by atoms with Crippen LogP contribution in [-0.2, 0) is 14.8 Å². The molecule has 2 bridgehead atoms. The smallest absolute Gasteiger partial charge is 0.338 e. The molecule has 9 heteroatoms. The van der Waals surface area contributed by atoms with Crippen LogP contribution in [0, 0.1) is 10.8 Å². The van der Waals surface area contributed by atoms with Gasteiger partial charge in [0.2, 0.25) is 15.8 Å². The van der Waals surface area contributed by atoms with Crippen molar-refractivity contribution >= 4 is 21.8 Å². The predicted octanol–water partition coefficient (Wildman–Crippen LogP) is 4.33. The lowest BCUT2D eigenvalue weighted by molar-refractivity contribution is 0.0473. The van der Waals surface area contributed by atoms with Gasteiger partial charge in [-0.3, -0.25) is 4.79 Å². The molecule has 0 spiro atoms. The van der Waals surface area contributed by atoms with E-state index in [9.17, 15) is 18.0 Å². The largest absolute Gasteiger partial charge is 0.497 e. The van der Waals surface area contributed by atoms with E-state index in [-0.39, 0.29) is 32.9 Å². The first-order chi connectivity index (χ1) is 16.9. The van der Waals surface area contributed by atoms with Crippen molar-refractivity contribution in [3.63, 3.8) is 0 Å². The molecule has 2 aliphatic rings. The summed E-state index contributed by atoms with van der Waals surface area (Å²) in [6.45, 7) is 6.47. The van der Waals surface area contributed by atoms with Gasteiger partial charge in [-0.2, -0.15) is 4.31 Å². The van der Waals surface area contributed by atoms with Crippen molar-refractivity contribution in [1.82, 2.24) is 4.31 Å². The number of rotatable bonds is 8. The molecule has 1 aliphatic heterocycles. The minimum Gasteiger partial charge on any atom is -0.497 e. The SMILES string of the molecule is COc1ccc(OC)c(C(=O)COC(=O)c2cccc(S(=O)(=O)N3CC4(C)CC3CC(C)(C)C4)c2)c1. The number of methoxy groups -OCH3 is 2. The molecule has 1 heterocycles. The van der Waals surface area contributed by atoms with Crippen molar-refractivity contribution in [3.8, 4) is 11.5 Å². The van der Waals surface area contributed by atoms with Crippen molar-refractivity contribution in [2.45, 2.75) is 51.0 Å². The number of hydrogen-bond acceptors (Lipinski definition) is 7. The second kappa shape index (κ2) is 9.52. The number of sulfonamides is 1. The Balaban J connectivity index is 1.49. The maximum Gasteiger partial charge on any atom is 0.338 e. The van der Waals surface area contributed by atoms with Crippen molar-refractivity contribution in [2.24, 2.45) is 10.8 Å². The number of nitrogens with zero attached hydrogens (tertiary/aromatic N) is 1. The molecule has 8 nitrogen and oxygen atoms in total. The number of hydrogen-bond donors (Lipinski definition) is 0. The second-order valence-electron chi connectivity index (χ2n) is 10.9. The quantitative estimate of drug-likeness (QED) is 0.381. The average molecular weight is 516 g/mol. The predicted molar refractivity (Wildman–Crippen MR) is 134 cm³/mol. The van der Waals surface area contributed by atoms with Gasteiger partial charge in [0.05, 0.1) is 30.2 Å². The Kier molecular flexibility index (Phi) is 6.92. The van der Waals surface area contributed by atoms with Crippen molar-refractivity contribution in [3.05, 3.63) is 53.6 Å². The zero-order valence-corrected chi connectivity index (χ0v) is 22.2. The summed E-state index contributed by atoms with van der Waals surface area (Å²) in [5, 5.41) is 0. The van der Waals surface area contributed by atoms with Crippen LogP contribution in [-0.4, -0.2) is 57.9 Å². The van der Waals surface area contributed by atoms with Crippen LogP contribution in [0.1, 0.15) is 60.7 Å². The van der Waals surface area contributed by atoms with Gasteiger partial charge in [0.25, 0.3) is 0 Å².